The van der Waals surface area contributed by atoms with Crippen molar-refractivity contribution in [1.82, 2.24) is 40.2 Å². The van der Waals surface area contributed by atoms with E-state index >= 15 is 0 Å². The number of pyridine rings is 1. The first kappa shape index (κ1) is 54.6. The number of ether oxygens (including phenoxy) is 4. The first-order chi connectivity index (χ1) is 36.2. The number of amides is 3. The summed E-state index contributed by atoms with van der Waals surface area (Å²) in [5.74, 6) is 0.369. The van der Waals surface area contributed by atoms with Crippen molar-refractivity contribution < 1.29 is 43.0 Å². The van der Waals surface area contributed by atoms with Crippen LogP contribution in [0, 0.1) is 19.8 Å². The molecule has 2 aliphatic rings. The van der Waals surface area contributed by atoms with Crippen molar-refractivity contribution in [3.05, 3.63) is 98.3 Å². The lowest BCUT2D eigenvalue weighted by Crippen LogP contribution is -2.48. The minimum absolute atomic E-state index is 0.0511. The third-order valence-corrected chi connectivity index (χ3v) is 14.6. The number of aryl methyl sites for hydroxylation is 3. The van der Waals surface area contributed by atoms with E-state index in [0.29, 0.717) is 91.1 Å². The lowest BCUT2D eigenvalue weighted by atomic mass is 9.91. The number of halogens is 1. The fourth-order valence-corrected chi connectivity index (χ4v) is 10.2. The Morgan fingerprint density at radius 2 is 1.76 bits per heavy atom. The number of hydrogen-bond acceptors (Lipinski definition) is 17. The zero-order chi connectivity index (χ0) is 53.2. The van der Waals surface area contributed by atoms with Gasteiger partial charge in [0.1, 0.15) is 28.5 Å². The van der Waals surface area contributed by atoms with Crippen LogP contribution in [0.1, 0.15) is 74.6 Å². The number of likely N-dealkylation sites (N-methyl/N-ethyl adjacent to an activating group) is 1. The van der Waals surface area contributed by atoms with Gasteiger partial charge in [0.25, 0.3) is 11.5 Å². The van der Waals surface area contributed by atoms with Gasteiger partial charge in [-0.3, -0.25) is 19.2 Å². The number of carbonyl (C=O) groups is 3. The maximum Gasteiger partial charge on any atom is 0.293 e. The molecule has 22 heteroatoms. The summed E-state index contributed by atoms with van der Waals surface area (Å²) >= 11 is 8.10. The third kappa shape index (κ3) is 13.6. The molecule has 2 saturated heterocycles. The lowest BCUT2D eigenvalue weighted by Gasteiger charge is -2.32. The van der Waals surface area contributed by atoms with Gasteiger partial charge in [0.15, 0.2) is 18.2 Å². The molecule has 0 bridgehead atoms. The molecule has 0 radical (unpaired) electrons. The van der Waals surface area contributed by atoms with Crippen molar-refractivity contribution >= 4 is 69.0 Å². The molecule has 20 nitrogen and oxygen atoms in total. The third-order valence-electron chi connectivity index (χ3n) is 13.3. The largest absolute Gasteiger partial charge is 0.493 e. The smallest absolute Gasteiger partial charge is 0.293 e. The molecule has 4 aromatic heterocycles. The standard InChI is InChI=1S/C53H65ClN10O10S/c1-31(2)47(44-21-32(3)61-74-44)52(69)64-28-38(65)25-42(64)50(67)56-26-35-10-9-34(48-33(4)58-30-75-48)23-43(35)72-20-8-18-70-17-7-19-71-39-13-15-63(16-14-39)53-57-27-40(54)49(60-53)59-37-11-12-41-36(22-37)24-45(51(68)62(41)6)73-29-46(66)55-5/h9-12,21-24,27,30-31,38-39,42,47,65H,7-8,13-20,25-26,28-29H2,1-6H3,(H,55,66)(H,56,67)(H,57,59,60)/t38-,42+,47?/m1/s1. The Kier molecular flexibility index (Phi) is 18.4. The van der Waals surface area contributed by atoms with Crippen LogP contribution in [0.5, 0.6) is 11.5 Å². The maximum absolute atomic E-state index is 13.9. The summed E-state index contributed by atoms with van der Waals surface area (Å²) < 4.78 is 31.0. The van der Waals surface area contributed by atoms with Crippen LogP contribution in [0.25, 0.3) is 21.3 Å². The van der Waals surface area contributed by atoms with Crippen molar-refractivity contribution in [2.45, 2.75) is 90.5 Å². The number of rotatable bonds is 23. The Morgan fingerprint density at radius 1 is 0.973 bits per heavy atom. The van der Waals surface area contributed by atoms with Gasteiger partial charge in [0, 0.05) is 95.6 Å². The molecule has 4 N–H and O–H groups in total. The topological polar surface area (TPSA) is 238 Å². The summed E-state index contributed by atoms with van der Waals surface area (Å²) in [4.78, 5) is 70.6. The van der Waals surface area contributed by atoms with Crippen LogP contribution in [0.2, 0.25) is 5.02 Å². The Bertz CT molecular complexity index is 3010. The van der Waals surface area contributed by atoms with Crippen LogP contribution in [0.4, 0.5) is 17.5 Å². The first-order valence-electron chi connectivity index (χ1n) is 25.2. The van der Waals surface area contributed by atoms with E-state index in [1.165, 1.54) is 16.5 Å². The number of piperidine rings is 1. The molecule has 8 rings (SSSR count). The number of β-amino-alcohol motifs (C(OH)–C–C–N with tert-alkyl or cyclic N) is 1. The molecule has 400 valence electrons. The second kappa shape index (κ2) is 25.3. The van der Waals surface area contributed by atoms with Crippen molar-refractivity contribution in [1.29, 1.82) is 0 Å². The van der Waals surface area contributed by atoms with Crippen LogP contribution in [0.3, 0.4) is 0 Å². The van der Waals surface area contributed by atoms with E-state index in [1.54, 1.807) is 43.6 Å². The molecule has 2 aliphatic heterocycles. The highest BCUT2D eigenvalue weighted by molar-refractivity contribution is 7.13. The zero-order valence-corrected chi connectivity index (χ0v) is 44.7. The summed E-state index contributed by atoms with van der Waals surface area (Å²) in [6, 6.07) is 13.9. The summed E-state index contributed by atoms with van der Waals surface area (Å²) in [6.45, 7) is 10.9. The SMILES string of the molecule is CNC(=O)COc1cc2cc(Nc3nc(N4CCC(OCCCOCCCOc5cc(-c6scnc6C)ccc5CNC(=O)[C@@H]5C[C@@H](O)CN5C(=O)C(c5cc(C)no5)C(C)C)CC4)ncc3Cl)ccc2n(C)c1=O. The second-order valence-electron chi connectivity index (χ2n) is 19.1. The van der Waals surface area contributed by atoms with Gasteiger partial charge >= 0.3 is 0 Å². The number of fused-ring (bicyclic) bond motifs is 1. The number of anilines is 3. The molecule has 1 unspecified atom stereocenters. The number of benzene rings is 2. The van der Waals surface area contributed by atoms with Gasteiger partial charge in [0.05, 0.1) is 52.3 Å². The van der Waals surface area contributed by atoms with Crippen LogP contribution in [-0.4, -0.2) is 130 Å². The number of aliphatic hydroxyl groups excluding tert-OH is 1. The highest BCUT2D eigenvalue weighted by Crippen LogP contribution is 2.34. The summed E-state index contributed by atoms with van der Waals surface area (Å²) in [5.41, 5.74) is 6.14. The van der Waals surface area contributed by atoms with E-state index in [1.807, 2.05) is 62.7 Å². The van der Waals surface area contributed by atoms with E-state index in [0.717, 1.165) is 46.3 Å². The number of aliphatic hydroxyl groups is 1. The molecular weight excluding hydrogens is 1000 g/mol. The summed E-state index contributed by atoms with van der Waals surface area (Å²) in [5, 5.41) is 24.5. The average Bonchev–Trinajstić information content (AvgIpc) is 4.15. The Labute approximate surface area is 444 Å². The fraction of sp³-hybridized carbons (Fsp3) is 0.472. The number of thiazole rings is 1. The van der Waals surface area contributed by atoms with E-state index in [4.69, 9.17) is 40.1 Å². The molecule has 75 heavy (non-hydrogen) atoms. The van der Waals surface area contributed by atoms with Crippen LogP contribution in [-0.2, 0) is 37.4 Å². The minimum atomic E-state index is -0.848. The molecule has 0 saturated carbocycles. The van der Waals surface area contributed by atoms with Gasteiger partial charge in [-0.05, 0) is 74.9 Å². The van der Waals surface area contributed by atoms with Crippen molar-refractivity contribution in [3.63, 3.8) is 0 Å². The highest BCUT2D eigenvalue weighted by Gasteiger charge is 2.43. The number of carbonyl (C=O) groups excluding carboxylic acids is 3. The second-order valence-corrected chi connectivity index (χ2v) is 20.4. The molecule has 0 aliphatic carbocycles. The van der Waals surface area contributed by atoms with Gasteiger partial charge in [0.2, 0.25) is 17.8 Å². The number of aromatic nitrogens is 5. The molecule has 2 aromatic carbocycles. The summed E-state index contributed by atoms with van der Waals surface area (Å²) in [7, 11) is 3.15. The quantitative estimate of drug-likeness (QED) is 0.0504. The predicted octanol–water partition coefficient (Wildman–Crippen LogP) is 6.46. The van der Waals surface area contributed by atoms with Gasteiger partial charge in [-0.15, -0.1) is 11.3 Å². The number of likely N-dealkylation sites (tertiary alicyclic amines) is 1. The number of nitrogens with one attached hydrogen (secondary N) is 3. The van der Waals surface area contributed by atoms with Crippen LogP contribution < -0.4 is 35.9 Å². The predicted molar refractivity (Wildman–Crippen MR) is 285 cm³/mol. The molecule has 6 heterocycles. The molecule has 6 aromatic rings. The van der Waals surface area contributed by atoms with Crippen molar-refractivity contribution in [2.75, 3.05) is 69.9 Å². The monoisotopic (exact) mass is 1070 g/mol. The van der Waals surface area contributed by atoms with E-state index in [-0.39, 0.29) is 67.2 Å². The van der Waals surface area contributed by atoms with Crippen molar-refractivity contribution in [3.8, 4) is 21.9 Å². The molecular formula is C53H65ClN10O10S. The Balaban J connectivity index is 0.767. The maximum atomic E-state index is 13.9. The molecule has 3 amide bonds. The molecule has 0 spiro atoms. The molecule has 2 fully saturated rings. The highest BCUT2D eigenvalue weighted by atomic mass is 35.5. The average molecular weight is 1070 g/mol. The van der Waals surface area contributed by atoms with Crippen LogP contribution in [0.15, 0.2) is 69.6 Å². The lowest BCUT2D eigenvalue weighted by molar-refractivity contribution is -0.141. The van der Waals surface area contributed by atoms with Gasteiger partial charge < -0.3 is 58.9 Å². The van der Waals surface area contributed by atoms with E-state index in [9.17, 15) is 24.3 Å². The van der Waals surface area contributed by atoms with E-state index in [2.05, 4.69) is 36.0 Å². The minimum Gasteiger partial charge on any atom is -0.493 e. The normalized spacial score (nSPS) is 16.4. The zero-order valence-electron chi connectivity index (χ0n) is 43.1. The number of nitrogens with zero attached hydrogens (tertiary/aromatic N) is 7. The molecule has 3 atom stereocenters. The van der Waals surface area contributed by atoms with Crippen LogP contribution >= 0.6 is 22.9 Å². The first-order valence-corrected chi connectivity index (χ1v) is 26.5. The van der Waals surface area contributed by atoms with Gasteiger partial charge in [-0.2, -0.15) is 4.98 Å². The van der Waals surface area contributed by atoms with E-state index < -0.39 is 18.1 Å². The van der Waals surface area contributed by atoms with Crippen molar-refractivity contribution in [2.24, 2.45) is 13.0 Å². The fourth-order valence-electron chi connectivity index (χ4n) is 9.27. The van der Waals surface area contributed by atoms with Gasteiger partial charge in [-0.1, -0.05) is 42.7 Å². The Morgan fingerprint density at radius 3 is 2.48 bits per heavy atom. The van der Waals surface area contributed by atoms with Gasteiger partial charge in [-0.25, -0.2) is 9.97 Å². The summed E-state index contributed by atoms with van der Waals surface area (Å²) in [6.07, 6.45) is 3.96. The Hall–Kier alpha value is -6.65. The number of hydrogen-bond donors (Lipinski definition) is 4.